The van der Waals surface area contributed by atoms with Crippen molar-refractivity contribution in [3.63, 3.8) is 0 Å². The molecule has 1 unspecified atom stereocenters. The largest absolute Gasteiger partial charge is 0.508 e. The van der Waals surface area contributed by atoms with Gasteiger partial charge in [-0.1, -0.05) is 32.0 Å². The average Bonchev–Trinajstić information content (AvgIpc) is 2.62. The molecule has 0 radical (unpaired) electrons. The molecule has 1 saturated carbocycles. The number of phenols is 1. The summed E-state index contributed by atoms with van der Waals surface area (Å²) in [6.45, 7) is 5.63. The molecule has 3 heteroatoms. The molecular formula is C23H28FNO. The highest BCUT2D eigenvalue weighted by Gasteiger charge is 2.49. The second-order valence-electron chi connectivity index (χ2n) is 8.45. The van der Waals surface area contributed by atoms with Crippen LogP contribution in [-0.4, -0.2) is 17.7 Å². The number of fused-ring (bicyclic) bond motifs is 4. The van der Waals surface area contributed by atoms with Crippen LogP contribution in [0.25, 0.3) is 0 Å². The Balaban J connectivity index is 1.55. The van der Waals surface area contributed by atoms with Crippen LogP contribution in [0.3, 0.4) is 0 Å². The van der Waals surface area contributed by atoms with Crippen LogP contribution in [0, 0.1) is 17.7 Å². The second-order valence-corrected chi connectivity index (χ2v) is 8.45. The number of phenolic OH excluding ortho intramolecular Hbond substituents is 1. The van der Waals surface area contributed by atoms with Crippen molar-refractivity contribution < 1.29 is 9.50 Å². The van der Waals surface area contributed by atoms with Gasteiger partial charge in [0.2, 0.25) is 0 Å². The first-order chi connectivity index (χ1) is 12.5. The van der Waals surface area contributed by atoms with Crippen molar-refractivity contribution in [2.24, 2.45) is 11.8 Å². The fraction of sp³-hybridized carbons (Fsp3) is 0.478. The monoisotopic (exact) mass is 353 g/mol. The number of rotatable bonds is 4. The summed E-state index contributed by atoms with van der Waals surface area (Å²) in [6, 6.07) is 13.2. The molecule has 0 spiro atoms. The molecule has 2 N–H and O–H groups in total. The fourth-order valence-corrected chi connectivity index (χ4v) is 5.25. The van der Waals surface area contributed by atoms with Crippen molar-refractivity contribution in [2.45, 2.75) is 51.0 Å². The lowest BCUT2D eigenvalue weighted by Gasteiger charge is -2.54. The molecule has 0 aliphatic heterocycles. The zero-order chi connectivity index (χ0) is 18.3. The highest BCUT2D eigenvalue weighted by atomic mass is 19.1. The minimum absolute atomic E-state index is 0.0618. The van der Waals surface area contributed by atoms with Gasteiger partial charge in [0, 0.05) is 11.5 Å². The number of halogens is 1. The van der Waals surface area contributed by atoms with E-state index < -0.39 is 0 Å². The summed E-state index contributed by atoms with van der Waals surface area (Å²) < 4.78 is 13.1. The van der Waals surface area contributed by atoms with Gasteiger partial charge in [-0.2, -0.15) is 0 Å². The predicted molar refractivity (Wildman–Crippen MR) is 103 cm³/mol. The third-order valence-electron chi connectivity index (χ3n) is 6.82. The van der Waals surface area contributed by atoms with Crippen LogP contribution in [0.15, 0.2) is 42.5 Å². The molecule has 1 fully saturated rings. The van der Waals surface area contributed by atoms with E-state index in [0.717, 1.165) is 31.4 Å². The van der Waals surface area contributed by atoms with Crippen molar-refractivity contribution in [1.82, 2.24) is 5.32 Å². The molecule has 4 rings (SSSR count). The Hall–Kier alpha value is -1.87. The van der Waals surface area contributed by atoms with E-state index in [-0.39, 0.29) is 11.2 Å². The molecule has 0 aromatic heterocycles. The summed E-state index contributed by atoms with van der Waals surface area (Å²) in [5.74, 6) is 1.51. The summed E-state index contributed by atoms with van der Waals surface area (Å²) in [4.78, 5) is 0. The number of nitrogens with one attached hydrogen (secondary N) is 1. The molecule has 138 valence electrons. The van der Waals surface area contributed by atoms with Crippen LogP contribution in [0.5, 0.6) is 5.75 Å². The predicted octanol–water partition coefficient (Wildman–Crippen LogP) is 4.59. The van der Waals surface area contributed by atoms with Gasteiger partial charge in [0.15, 0.2) is 0 Å². The van der Waals surface area contributed by atoms with Gasteiger partial charge in [-0.3, -0.25) is 0 Å². The Bertz CT molecular complexity index is 787. The lowest BCUT2D eigenvalue weighted by atomic mass is 9.54. The van der Waals surface area contributed by atoms with E-state index in [2.05, 4.69) is 25.2 Å². The Morgan fingerprint density at radius 1 is 1.19 bits per heavy atom. The van der Waals surface area contributed by atoms with Gasteiger partial charge in [-0.05, 0) is 85.0 Å². The molecule has 0 saturated heterocycles. The lowest BCUT2D eigenvalue weighted by molar-refractivity contribution is 0.0933. The molecule has 0 heterocycles. The molecule has 2 aliphatic rings. The van der Waals surface area contributed by atoms with Crippen LogP contribution < -0.4 is 5.32 Å². The van der Waals surface area contributed by atoms with Gasteiger partial charge in [-0.25, -0.2) is 4.39 Å². The third kappa shape index (κ3) is 3.03. The van der Waals surface area contributed by atoms with E-state index in [1.54, 1.807) is 0 Å². The molecule has 2 aliphatic carbocycles. The molecule has 0 amide bonds. The quantitative estimate of drug-likeness (QED) is 0.842. The highest BCUT2D eigenvalue weighted by molar-refractivity contribution is 5.44. The maximum Gasteiger partial charge on any atom is 0.123 e. The van der Waals surface area contributed by atoms with E-state index >= 15 is 0 Å². The van der Waals surface area contributed by atoms with E-state index in [4.69, 9.17) is 0 Å². The van der Waals surface area contributed by atoms with Crippen LogP contribution in [0.4, 0.5) is 4.39 Å². The lowest BCUT2D eigenvalue weighted by Crippen LogP contribution is -2.59. The summed E-state index contributed by atoms with van der Waals surface area (Å²) in [5, 5.41) is 13.9. The Morgan fingerprint density at radius 2 is 1.96 bits per heavy atom. The number of aromatic hydroxyl groups is 1. The molecule has 2 aromatic carbocycles. The van der Waals surface area contributed by atoms with Crippen molar-refractivity contribution in [3.05, 3.63) is 65.0 Å². The van der Waals surface area contributed by atoms with Crippen LogP contribution in [-0.2, 0) is 18.3 Å². The molecule has 26 heavy (non-hydrogen) atoms. The Labute approximate surface area is 155 Å². The van der Waals surface area contributed by atoms with Crippen molar-refractivity contribution >= 4 is 0 Å². The number of hydrogen-bond acceptors (Lipinski definition) is 2. The maximum absolute atomic E-state index is 13.1. The molecule has 2 aromatic rings. The first-order valence-corrected chi connectivity index (χ1v) is 9.77. The van der Waals surface area contributed by atoms with Gasteiger partial charge >= 0.3 is 0 Å². The minimum atomic E-state index is -0.179. The second kappa shape index (κ2) is 6.70. The van der Waals surface area contributed by atoms with E-state index in [0.29, 0.717) is 23.6 Å². The third-order valence-corrected chi connectivity index (χ3v) is 6.82. The summed E-state index contributed by atoms with van der Waals surface area (Å²) in [7, 11) is 0. The molecule has 4 atom stereocenters. The summed E-state index contributed by atoms with van der Waals surface area (Å²) in [5.41, 5.74) is 3.95. The zero-order valence-electron chi connectivity index (χ0n) is 15.6. The van der Waals surface area contributed by atoms with Crippen LogP contribution in [0.2, 0.25) is 0 Å². The van der Waals surface area contributed by atoms with Crippen LogP contribution in [0.1, 0.15) is 43.4 Å². The van der Waals surface area contributed by atoms with Gasteiger partial charge in [0.25, 0.3) is 0 Å². The number of hydrogen-bond donors (Lipinski definition) is 2. The van der Waals surface area contributed by atoms with Gasteiger partial charge in [0.1, 0.15) is 11.6 Å². The van der Waals surface area contributed by atoms with E-state index in [1.807, 2.05) is 24.3 Å². The first-order valence-electron chi connectivity index (χ1n) is 9.77. The van der Waals surface area contributed by atoms with Gasteiger partial charge < -0.3 is 10.4 Å². The van der Waals surface area contributed by atoms with Crippen molar-refractivity contribution in [1.29, 1.82) is 0 Å². The Morgan fingerprint density at radius 3 is 2.73 bits per heavy atom. The minimum Gasteiger partial charge on any atom is -0.508 e. The van der Waals surface area contributed by atoms with Crippen LogP contribution >= 0.6 is 0 Å². The van der Waals surface area contributed by atoms with E-state index in [1.165, 1.54) is 29.7 Å². The maximum atomic E-state index is 13.1. The average molecular weight is 353 g/mol. The molecule has 2 nitrogen and oxygen atoms in total. The highest BCUT2D eigenvalue weighted by Crippen LogP contribution is 2.51. The molecular weight excluding hydrogens is 325 g/mol. The number of benzene rings is 2. The van der Waals surface area contributed by atoms with Crippen molar-refractivity contribution in [2.75, 3.05) is 6.54 Å². The summed E-state index contributed by atoms with van der Waals surface area (Å²) >= 11 is 0. The van der Waals surface area contributed by atoms with Gasteiger partial charge in [0.05, 0.1) is 0 Å². The van der Waals surface area contributed by atoms with Gasteiger partial charge in [-0.15, -0.1) is 0 Å². The zero-order valence-corrected chi connectivity index (χ0v) is 15.6. The standard InChI is InChI=1S/C23H28FNO/c1-15-9-11-23(2)21-14-19(26)8-5-17(21)13-20(15)22(23)25-12-10-16-3-6-18(24)7-4-16/h3-8,14-15,20,22,25-26H,9-13H2,1-2H3/t15?,20-,22-,23-/m0/s1. The Kier molecular flexibility index (Phi) is 4.52. The fourth-order valence-electron chi connectivity index (χ4n) is 5.25. The normalized spacial score (nSPS) is 30.0. The topological polar surface area (TPSA) is 32.3 Å². The summed E-state index contributed by atoms with van der Waals surface area (Å²) in [6.07, 6.45) is 4.38. The smallest absolute Gasteiger partial charge is 0.123 e. The first kappa shape index (κ1) is 17.5. The SMILES string of the molecule is CC1CC[C@@]2(C)c3cc(O)ccc3C[C@@H]1[C@@H]2NCCc1ccc(F)cc1. The molecule has 2 bridgehead atoms. The van der Waals surface area contributed by atoms with Crippen molar-refractivity contribution in [3.8, 4) is 5.75 Å². The van der Waals surface area contributed by atoms with E-state index in [9.17, 15) is 9.50 Å².